The van der Waals surface area contributed by atoms with Crippen LogP contribution in [0.1, 0.15) is 13.8 Å². The monoisotopic (exact) mass is 223 g/mol. The van der Waals surface area contributed by atoms with E-state index >= 15 is 0 Å². The molecule has 2 heterocycles. The summed E-state index contributed by atoms with van der Waals surface area (Å²) in [6.07, 6.45) is 4.93. The average molecular weight is 223 g/mol. The number of rotatable bonds is 3. The predicted octanol–water partition coefficient (Wildman–Crippen LogP) is 1.59. The van der Waals surface area contributed by atoms with Crippen LogP contribution in [0.3, 0.4) is 0 Å². The molecule has 2 unspecified atom stereocenters. The van der Waals surface area contributed by atoms with Crippen LogP contribution in [0.5, 0.6) is 0 Å². The predicted molar refractivity (Wildman–Crippen MR) is 60.0 cm³/mol. The van der Waals surface area contributed by atoms with Gasteiger partial charge in [-0.05, 0) is 13.0 Å². The molecule has 0 saturated carbocycles. The fraction of sp³-hybridized carbons (Fsp3) is 0.400. The van der Waals surface area contributed by atoms with Crippen LogP contribution < -0.4 is 0 Å². The van der Waals surface area contributed by atoms with Gasteiger partial charge in [0.05, 0.1) is 17.8 Å². The zero-order valence-electron chi connectivity index (χ0n) is 8.66. The van der Waals surface area contributed by atoms with Crippen molar-refractivity contribution in [3.63, 3.8) is 0 Å². The highest BCUT2D eigenvalue weighted by Crippen LogP contribution is 2.26. The van der Waals surface area contributed by atoms with E-state index in [1.54, 1.807) is 35.6 Å². The fourth-order valence-electron chi connectivity index (χ4n) is 1.20. The van der Waals surface area contributed by atoms with E-state index in [0.29, 0.717) is 0 Å². The van der Waals surface area contributed by atoms with Gasteiger partial charge in [-0.15, -0.1) is 0 Å². The topological polar surface area (TPSA) is 50.4 Å². The molecule has 0 aliphatic carbocycles. The number of fused-ring (bicyclic) bond motifs is 1. The largest absolute Gasteiger partial charge is 0.392 e. The van der Waals surface area contributed by atoms with E-state index in [1.165, 1.54) is 0 Å². The molecular formula is C10H13N3OS. The summed E-state index contributed by atoms with van der Waals surface area (Å²) in [4.78, 5) is 4.29. The number of aliphatic hydroxyl groups excluding tert-OH is 1. The lowest BCUT2D eigenvalue weighted by Crippen LogP contribution is -2.15. The lowest BCUT2D eigenvalue weighted by Gasteiger charge is -2.13. The van der Waals surface area contributed by atoms with E-state index in [-0.39, 0.29) is 11.4 Å². The Hall–Kier alpha value is -1.07. The van der Waals surface area contributed by atoms with Gasteiger partial charge in [0.15, 0.2) is 0 Å². The second kappa shape index (κ2) is 4.20. The highest BCUT2D eigenvalue weighted by Gasteiger charge is 2.13. The van der Waals surface area contributed by atoms with Crippen molar-refractivity contribution in [2.45, 2.75) is 30.2 Å². The van der Waals surface area contributed by atoms with Crippen molar-refractivity contribution in [1.29, 1.82) is 0 Å². The zero-order chi connectivity index (χ0) is 10.8. The minimum atomic E-state index is -0.347. The average Bonchev–Trinajstić information content (AvgIpc) is 2.66. The Morgan fingerprint density at radius 2 is 2.20 bits per heavy atom. The Kier molecular flexibility index (Phi) is 2.93. The maximum Gasteiger partial charge on any atom is 0.122 e. The highest BCUT2D eigenvalue weighted by molar-refractivity contribution is 8.00. The third kappa shape index (κ3) is 2.13. The Labute approximate surface area is 92.3 Å². The van der Waals surface area contributed by atoms with Gasteiger partial charge in [0.1, 0.15) is 5.03 Å². The van der Waals surface area contributed by atoms with Gasteiger partial charge in [0.25, 0.3) is 0 Å². The second-order valence-electron chi connectivity index (χ2n) is 3.46. The lowest BCUT2D eigenvalue weighted by molar-refractivity contribution is 0.196. The van der Waals surface area contributed by atoms with E-state index in [4.69, 9.17) is 0 Å². The van der Waals surface area contributed by atoms with Crippen LogP contribution >= 0.6 is 11.8 Å². The molecule has 5 heteroatoms. The van der Waals surface area contributed by atoms with Gasteiger partial charge >= 0.3 is 0 Å². The van der Waals surface area contributed by atoms with Crippen molar-refractivity contribution in [3.05, 3.63) is 24.7 Å². The first-order chi connectivity index (χ1) is 7.18. The lowest BCUT2D eigenvalue weighted by atomic mass is 10.3. The first-order valence-electron chi connectivity index (χ1n) is 4.81. The number of aliphatic hydroxyl groups is 1. The first kappa shape index (κ1) is 10.4. The molecule has 80 valence electrons. The van der Waals surface area contributed by atoms with Crippen molar-refractivity contribution >= 4 is 17.3 Å². The molecule has 2 rings (SSSR count). The minimum absolute atomic E-state index is 0.124. The number of hydrogen-bond donors (Lipinski definition) is 1. The summed E-state index contributed by atoms with van der Waals surface area (Å²) in [7, 11) is 0. The van der Waals surface area contributed by atoms with Gasteiger partial charge in [0.2, 0.25) is 0 Å². The summed E-state index contributed by atoms with van der Waals surface area (Å²) in [6.45, 7) is 3.77. The molecule has 0 aliphatic heterocycles. The molecule has 0 radical (unpaired) electrons. The van der Waals surface area contributed by atoms with E-state index in [9.17, 15) is 5.11 Å². The maximum absolute atomic E-state index is 9.43. The SMILES string of the molecule is CC(O)C(C)Sc1nccn2nccc12. The molecule has 1 N–H and O–H groups in total. The van der Waals surface area contributed by atoms with E-state index in [2.05, 4.69) is 10.1 Å². The molecular weight excluding hydrogens is 210 g/mol. The number of nitrogens with zero attached hydrogens (tertiary/aromatic N) is 3. The van der Waals surface area contributed by atoms with Crippen LogP contribution in [0, 0.1) is 0 Å². The van der Waals surface area contributed by atoms with Crippen molar-refractivity contribution < 1.29 is 5.11 Å². The van der Waals surface area contributed by atoms with Crippen molar-refractivity contribution in [2.24, 2.45) is 0 Å². The van der Waals surface area contributed by atoms with Crippen molar-refractivity contribution in [1.82, 2.24) is 14.6 Å². The van der Waals surface area contributed by atoms with E-state index in [1.807, 2.05) is 19.2 Å². The Morgan fingerprint density at radius 3 is 2.93 bits per heavy atom. The summed E-state index contributed by atoms with van der Waals surface area (Å²) in [5.74, 6) is 0. The number of thioether (sulfide) groups is 1. The molecule has 2 aromatic heterocycles. The zero-order valence-corrected chi connectivity index (χ0v) is 9.48. The molecule has 2 atom stereocenters. The quantitative estimate of drug-likeness (QED) is 0.803. The van der Waals surface area contributed by atoms with Crippen LogP contribution in [0.25, 0.3) is 5.52 Å². The first-order valence-corrected chi connectivity index (χ1v) is 5.69. The Balaban J connectivity index is 2.31. The smallest absolute Gasteiger partial charge is 0.122 e. The summed E-state index contributed by atoms with van der Waals surface area (Å²) in [5, 5.41) is 14.6. The number of hydrogen-bond acceptors (Lipinski definition) is 4. The number of aromatic nitrogens is 3. The fourth-order valence-corrected chi connectivity index (χ4v) is 2.15. The van der Waals surface area contributed by atoms with Gasteiger partial charge in [-0.1, -0.05) is 18.7 Å². The molecule has 0 bridgehead atoms. The van der Waals surface area contributed by atoms with E-state index in [0.717, 1.165) is 10.5 Å². The van der Waals surface area contributed by atoms with E-state index < -0.39 is 0 Å². The van der Waals surface area contributed by atoms with Gasteiger partial charge in [-0.25, -0.2) is 9.50 Å². The van der Waals surface area contributed by atoms with Gasteiger partial charge in [-0.3, -0.25) is 0 Å². The molecule has 0 aliphatic rings. The third-order valence-corrected chi connectivity index (χ3v) is 3.57. The Bertz CT molecular complexity index is 455. The molecule has 0 spiro atoms. The van der Waals surface area contributed by atoms with Crippen LogP contribution in [-0.4, -0.2) is 31.1 Å². The van der Waals surface area contributed by atoms with Gasteiger partial charge < -0.3 is 5.11 Å². The summed E-state index contributed by atoms with van der Waals surface area (Å²) >= 11 is 1.56. The molecule has 15 heavy (non-hydrogen) atoms. The van der Waals surface area contributed by atoms with Gasteiger partial charge in [-0.2, -0.15) is 5.10 Å². The molecule has 0 fully saturated rings. The normalized spacial score (nSPS) is 15.4. The van der Waals surface area contributed by atoms with Gasteiger partial charge in [0, 0.05) is 17.6 Å². The minimum Gasteiger partial charge on any atom is -0.392 e. The van der Waals surface area contributed by atoms with Crippen molar-refractivity contribution in [2.75, 3.05) is 0 Å². The molecule has 0 amide bonds. The van der Waals surface area contributed by atoms with Crippen molar-refractivity contribution in [3.8, 4) is 0 Å². The summed E-state index contributed by atoms with van der Waals surface area (Å²) in [5.41, 5.74) is 0.981. The standard InChI is InChI=1S/C10H13N3OS/c1-7(14)8(2)15-10-9-3-4-12-13(9)6-5-11-10/h3-8,14H,1-2H3. The van der Waals surface area contributed by atoms with Crippen LogP contribution in [-0.2, 0) is 0 Å². The maximum atomic E-state index is 9.43. The van der Waals surface area contributed by atoms with Crippen LogP contribution in [0.2, 0.25) is 0 Å². The summed E-state index contributed by atoms with van der Waals surface area (Å²) in [6, 6.07) is 1.92. The third-order valence-electron chi connectivity index (χ3n) is 2.27. The highest BCUT2D eigenvalue weighted by atomic mass is 32.2. The molecule has 0 saturated heterocycles. The van der Waals surface area contributed by atoms with Crippen LogP contribution in [0.4, 0.5) is 0 Å². The molecule has 0 aromatic carbocycles. The Morgan fingerprint density at radius 1 is 1.40 bits per heavy atom. The second-order valence-corrected chi connectivity index (χ2v) is 4.82. The van der Waals surface area contributed by atoms with Crippen LogP contribution in [0.15, 0.2) is 29.7 Å². The summed E-state index contributed by atoms with van der Waals surface area (Å²) < 4.78 is 1.78. The molecule has 2 aromatic rings. The molecule has 4 nitrogen and oxygen atoms in total.